The van der Waals surface area contributed by atoms with Crippen LogP contribution in [-0.4, -0.2) is 55.3 Å². The van der Waals surface area contributed by atoms with Crippen LogP contribution in [0.1, 0.15) is 24.0 Å². The summed E-state index contributed by atoms with van der Waals surface area (Å²) in [4.78, 5) is 46.0. The summed E-state index contributed by atoms with van der Waals surface area (Å²) in [6.07, 6.45) is 1.70. The van der Waals surface area contributed by atoms with Crippen LogP contribution in [0.3, 0.4) is 0 Å². The monoisotopic (exact) mass is 529 g/mol. The summed E-state index contributed by atoms with van der Waals surface area (Å²) in [6, 6.07) is 7.20. The van der Waals surface area contributed by atoms with E-state index in [1.54, 1.807) is 24.3 Å². The number of nitrogens with zero attached hydrogens (tertiary/aromatic N) is 3. The van der Waals surface area contributed by atoms with E-state index in [4.69, 9.17) is 4.74 Å². The maximum atomic E-state index is 11.9. The van der Waals surface area contributed by atoms with E-state index >= 15 is 0 Å². The van der Waals surface area contributed by atoms with Gasteiger partial charge in [-0.1, -0.05) is 29.8 Å². The second-order valence-corrected chi connectivity index (χ2v) is 5.81. The molecule has 0 atom stereocenters. The first-order chi connectivity index (χ1) is 12.6. The number of ether oxygens (including phenoxy) is 1. The zero-order chi connectivity index (χ0) is 18.8. The minimum absolute atomic E-state index is 0. The number of carbonyl (C=O) groups is 4. The maximum Gasteiger partial charge on any atom is 1.00 e. The van der Waals surface area contributed by atoms with Crippen molar-refractivity contribution in [3.63, 3.8) is 0 Å². The Balaban J connectivity index is 0.00000364. The van der Waals surface area contributed by atoms with E-state index in [9.17, 15) is 19.2 Å². The fourth-order valence-electron chi connectivity index (χ4n) is 2.31. The van der Waals surface area contributed by atoms with Crippen LogP contribution < -0.4 is 116 Å². The quantitative estimate of drug-likeness (QED) is 0.163. The van der Waals surface area contributed by atoms with Crippen molar-refractivity contribution in [2.75, 3.05) is 26.3 Å². The molecule has 8 nitrogen and oxygen atoms in total. The van der Waals surface area contributed by atoms with Crippen molar-refractivity contribution >= 4 is 24.1 Å². The van der Waals surface area contributed by atoms with E-state index in [0.717, 1.165) is 11.1 Å². The van der Waals surface area contributed by atoms with Crippen LogP contribution in [-0.2, 0) is 36.9 Å². The van der Waals surface area contributed by atoms with Crippen molar-refractivity contribution in [3.8, 4) is 0 Å². The van der Waals surface area contributed by atoms with Crippen molar-refractivity contribution in [3.05, 3.63) is 46.0 Å². The number of carbonyl (C=O) groups excluding carboxylic acids is 4. The summed E-state index contributed by atoms with van der Waals surface area (Å²) in [6.45, 7) is 1.38. The molecule has 4 amide bonds. The summed E-state index contributed by atoms with van der Waals surface area (Å²) < 4.78 is 5.15. The van der Waals surface area contributed by atoms with Gasteiger partial charge in [-0.25, -0.2) is 0 Å². The predicted molar refractivity (Wildman–Crippen MR) is 93.3 cm³/mol. The topological polar surface area (TPSA) is 109 Å². The molecular formula is C18H21N3O5Rb2. The number of imide groups is 1. The van der Waals surface area contributed by atoms with E-state index in [1.807, 2.05) is 0 Å². The Morgan fingerprint density at radius 2 is 1.82 bits per heavy atom. The van der Waals surface area contributed by atoms with Crippen LogP contribution in [0.4, 0.5) is 0 Å². The summed E-state index contributed by atoms with van der Waals surface area (Å²) in [5.74, 6) is -0.663. The normalized spacial score (nSPS) is 12.1. The third-order valence-corrected chi connectivity index (χ3v) is 3.84. The molecule has 1 fully saturated rings. The van der Waals surface area contributed by atoms with Gasteiger partial charge in [-0.15, -0.1) is 13.1 Å². The standard InChI is InChI=1S/C18H23N3O5.2Rb/c22-13-19-7-1-9-26-12-16(23)20-11-15-4-2-14(3-5-15)10-18(25)21-8-6-17(21)24;;/h2-5,13H,1,6-12H2,(H2,19,20,22,23);;/q;2*+1/p-2. The van der Waals surface area contributed by atoms with Crippen molar-refractivity contribution in [1.29, 1.82) is 0 Å². The number of β-lactam (4-membered cyclic amide) rings is 1. The molecule has 2 rings (SSSR count). The number of hydrogen-bond donors (Lipinski definition) is 0. The van der Waals surface area contributed by atoms with Gasteiger partial charge < -0.3 is 25.0 Å². The van der Waals surface area contributed by atoms with Gasteiger partial charge in [0, 0.05) is 26.0 Å². The van der Waals surface area contributed by atoms with Gasteiger partial charge in [-0.3, -0.25) is 14.5 Å². The molecule has 28 heavy (non-hydrogen) atoms. The summed E-state index contributed by atoms with van der Waals surface area (Å²) in [7, 11) is 0. The number of amides is 4. The Bertz CT molecular complexity index is 655. The minimum atomic E-state index is -0.354. The van der Waals surface area contributed by atoms with E-state index in [1.165, 1.54) is 4.90 Å². The molecule has 10 heteroatoms. The third-order valence-electron chi connectivity index (χ3n) is 3.84. The Hall–Kier alpha value is 0.870. The summed E-state index contributed by atoms with van der Waals surface area (Å²) in [5.41, 5.74) is 1.66. The number of rotatable bonds is 11. The molecule has 0 unspecified atom stereocenters. The van der Waals surface area contributed by atoms with Crippen molar-refractivity contribution < 1.29 is 140 Å². The van der Waals surface area contributed by atoms with Gasteiger partial charge in [-0.2, -0.15) is 0 Å². The zero-order valence-corrected chi connectivity index (χ0v) is 26.3. The SMILES string of the molecule is O=C[N-]CCCOCC(=O)[N-]Cc1ccc(CC(=O)N2CCC2=O)cc1.[Rb+].[Rb+]. The maximum absolute atomic E-state index is 11.9. The average molecular weight is 530 g/mol. The second-order valence-electron chi connectivity index (χ2n) is 5.81. The fraction of sp³-hybridized carbons (Fsp3) is 0.444. The van der Waals surface area contributed by atoms with Gasteiger partial charge in [0.15, 0.2) is 0 Å². The molecule has 1 aromatic carbocycles. The summed E-state index contributed by atoms with van der Waals surface area (Å²) >= 11 is 0. The average Bonchev–Trinajstić information content (AvgIpc) is 2.62. The van der Waals surface area contributed by atoms with Gasteiger partial charge in [0.05, 0.1) is 18.9 Å². The summed E-state index contributed by atoms with van der Waals surface area (Å²) in [5, 5.41) is 7.42. The number of likely N-dealkylation sites (tertiary alicyclic amines) is 1. The first kappa shape index (κ1) is 28.9. The van der Waals surface area contributed by atoms with Gasteiger partial charge in [-0.05, 0) is 12.0 Å². The van der Waals surface area contributed by atoms with Gasteiger partial charge in [0.2, 0.25) is 11.8 Å². The molecular weight excluding hydrogens is 509 g/mol. The first-order valence-electron chi connectivity index (χ1n) is 8.39. The van der Waals surface area contributed by atoms with Gasteiger partial charge in [0.1, 0.15) is 0 Å². The Kier molecular flexibility index (Phi) is 17.1. The molecule has 0 spiro atoms. The van der Waals surface area contributed by atoms with Crippen molar-refractivity contribution in [1.82, 2.24) is 4.90 Å². The van der Waals surface area contributed by atoms with E-state index in [-0.39, 0.29) is 154 Å². The minimum Gasteiger partial charge on any atom is -0.656 e. The Labute approximate surface area is 262 Å². The molecule has 0 radical (unpaired) electrons. The van der Waals surface area contributed by atoms with Crippen molar-refractivity contribution in [2.24, 2.45) is 0 Å². The Morgan fingerprint density at radius 1 is 1.14 bits per heavy atom. The van der Waals surface area contributed by atoms with Crippen LogP contribution >= 0.6 is 0 Å². The van der Waals surface area contributed by atoms with E-state index in [0.29, 0.717) is 38.9 Å². The molecule has 140 valence electrons. The van der Waals surface area contributed by atoms with Crippen LogP contribution in [0.15, 0.2) is 24.3 Å². The zero-order valence-electron chi connectivity index (χ0n) is 16.4. The van der Waals surface area contributed by atoms with Gasteiger partial charge in [0.25, 0.3) is 0 Å². The molecule has 1 saturated heterocycles. The molecule has 1 aromatic rings. The molecule has 0 aliphatic carbocycles. The number of hydrogen-bond acceptors (Lipinski definition) is 5. The third kappa shape index (κ3) is 10.8. The van der Waals surface area contributed by atoms with Crippen molar-refractivity contribution in [2.45, 2.75) is 25.8 Å². The Morgan fingerprint density at radius 3 is 2.39 bits per heavy atom. The van der Waals surface area contributed by atoms with E-state index < -0.39 is 0 Å². The predicted octanol–water partition coefficient (Wildman–Crippen LogP) is -4.67. The molecule has 0 N–H and O–H groups in total. The van der Waals surface area contributed by atoms with E-state index in [2.05, 4.69) is 10.6 Å². The fourth-order valence-corrected chi connectivity index (χ4v) is 2.31. The molecule has 0 saturated carbocycles. The smallest absolute Gasteiger partial charge is 0.656 e. The van der Waals surface area contributed by atoms with Crippen LogP contribution in [0, 0.1) is 0 Å². The second kappa shape index (κ2) is 16.5. The molecule has 1 aliphatic heterocycles. The first-order valence-corrected chi connectivity index (χ1v) is 8.39. The van der Waals surface area contributed by atoms with Crippen LogP contribution in [0.25, 0.3) is 10.6 Å². The molecule has 0 aromatic heterocycles. The molecule has 0 bridgehead atoms. The molecule has 1 heterocycles. The number of benzene rings is 1. The largest absolute Gasteiger partial charge is 1.00 e. The van der Waals surface area contributed by atoms with Crippen LogP contribution in [0.2, 0.25) is 0 Å². The van der Waals surface area contributed by atoms with Crippen LogP contribution in [0.5, 0.6) is 0 Å². The van der Waals surface area contributed by atoms with Gasteiger partial charge >= 0.3 is 116 Å². The molecule has 1 aliphatic rings.